The molecule has 3 nitrogen and oxygen atoms in total. The molecule has 1 saturated carbocycles. The van der Waals surface area contributed by atoms with Crippen molar-refractivity contribution < 1.29 is 0 Å². The highest BCUT2D eigenvalue weighted by Gasteiger charge is 2.89. The molecule has 0 spiro atoms. The summed E-state index contributed by atoms with van der Waals surface area (Å²) in [5.41, 5.74) is 4.13. The standard InChI is InChI=1S/C18H23N3/c1-12-13(2)16(4)15(12,3)17(5)18(16,6)21(20-19-17)14-10-8-7-9-11-14/h7-11H,1-6H3. The van der Waals surface area contributed by atoms with E-state index >= 15 is 0 Å². The SMILES string of the molecule is CC1=C(C)C2(C)C1(C)C1(C)N=NN(c3ccccc3)C12C. The van der Waals surface area contributed by atoms with E-state index in [0.717, 1.165) is 5.69 Å². The van der Waals surface area contributed by atoms with Gasteiger partial charge in [-0.15, -0.1) is 0 Å². The van der Waals surface area contributed by atoms with E-state index in [0.29, 0.717) is 0 Å². The van der Waals surface area contributed by atoms with Crippen LogP contribution in [-0.4, -0.2) is 11.1 Å². The lowest BCUT2D eigenvalue weighted by Gasteiger charge is -2.81. The number of nitrogens with zero attached hydrogens (tertiary/aromatic N) is 3. The van der Waals surface area contributed by atoms with Crippen molar-refractivity contribution in [2.24, 2.45) is 21.2 Å². The monoisotopic (exact) mass is 281 g/mol. The molecular formula is C18H23N3. The van der Waals surface area contributed by atoms with Crippen LogP contribution in [0.5, 0.6) is 0 Å². The number of anilines is 1. The van der Waals surface area contributed by atoms with Crippen molar-refractivity contribution in [3.8, 4) is 0 Å². The van der Waals surface area contributed by atoms with Crippen molar-refractivity contribution in [2.45, 2.75) is 52.6 Å². The summed E-state index contributed by atoms with van der Waals surface area (Å²) in [7, 11) is 0. The second-order valence-corrected chi connectivity index (χ2v) is 7.48. The highest BCUT2D eigenvalue weighted by atomic mass is 15.7. The topological polar surface area (TPSA) is 28.0 Å². The summed E-state index contributed by atoms with van der Waals surface area (Å²) < 4.78 is 0. The van der Waals surface area contributed by atoms with Gasteiger partial charge < -0.3 is 0 Å². The van der Waals surface area contributed by atoms with Crippen molar-refractivity contribution in [1.82, 2.24) is 0 Å². The maximum atomic E-state index is 4.77. The minimum absolute atomic E-state index is 0.0975. The second-order valence-electron chi connectivity index (χ2n) is 7.48. The summed E-state index contributed by atoms with van der Waals surface area (Å²) in [6.45, 7) is 13.9. The summed E-state index contributed by atoms with van der Waals surface area (Å²) in [5, 5.41) is 11.5. The Labute approximate surface area is 126 Å². The van der Waals surface area contributed by atoms with Gasteiger partial charge >= 0.3 is 0 Å². The van der Waals surface area contributed by atoms with Crippen molar-refractivity contribution >= 4 is 5.69 Å². The fraction of sp³-hybridized carbons (Fsp3) is 0.556. The number of rotatable bonds is 1. The van der Waals surface area contributed by atoms with E-state index in [9.17, 15) is 0 Å². The van der Waals surface area contributed by atoms with Crippen molar-refractivity contribution in [1.29, 1.82) is 0 Å². The molecule has 4 atom stereocenters. The molecular weight excluding hydrogens is 258 g/mol. The predicted octanol–water partition coefficient (Wildman–Crippen LogP) is 4.77. The van der Waals surface area contributed by atoms with E-state index in [-0.39, 0.29) is 21.9 Å². The highest BCUT2D eigenvalue weighted by Crippen LogP contribution is 2.84. The predicted molar refractivity (Wildman–Crippen MR) is 85.2 cm³/mol. The number of benzene rings is 1. The molecule has 0 N–H and O–H groups in total. The fourth-order valence-corrected chi connectivity index (χ4v) is 5.77. The van der Waals surface area contributed by atoms with Gasteiger partial charge in [0.05, 0.1) is 11.2 Å². The average Bonchev–Trinajstić information content (AvgIpc) is 2.77. The molecule has 0 aromatic heterocycles. The number of hydrogen-bond donors (Lipinski definition) is 0. The Balaban J connectivity index is 1.92. The first-order valence-corrected chi connectivity index (χ1v) is 7.73. The Morgan fingerprint density at radius 2 is 1.43 bits per heavy atom. The smallest absolute Gasteiger partial charge is 0.117 e. The molecule has 1 heterocycles. The van der Waals surface area contributed by atoms with Crippen LogP contribution in [0.15, 0.2) is 51.8 Å². The summed E-state index contributed by atoms with van der Waals surface area (Å²) in [5.74, 6) is 0. The molecule has 1 aromatic rings. The molecule has 2 aliphatic carbocycles. The van der Waals surface area contributed by atoms with Gasteiger partial charge in [0, 0.05) is 10.8 Å². The van der Waals surface area contributed by atoms with Gasteiger partial charge in [-0.25, -0.2) is 5.01 Å². The van der Waals surface area contributed by atoms with Gasteiger partial charge in [-0.05, 0) is 39.8 Å². The molecule has 0 radical (unpaired) electrons. The molecule has 1 aromatic carbocycles. The van der Waals surface area contributed by atoms with Gasteiger partial charge in [0.25, 0.3) is 0 Å². The molecule has 0 bridgehead atoms. The lowest BCUT2D eigenvalue weighted by Crippen LogP contribution is -2.89. The highest BCUT2D eigenvalue weighted by molar-refractivity contribution is 5.66. The van der Waals surface area contributed by atoms with Crippen LogP contribution in [0.25, 0.3) is 0 Å². The minimum Gasteiger partial charge on any atom is -0.238 e. The summed E-state index contributed by atoms with van der Waals surface area (Å²) >= 11 is 0. The molecule has 21 heavy (non-hydrogen) atoms. The van der Waals surface area contributed by atoms with E-state index in [1.807, 2.05) is 6.07 Å². The van der Waals surface area contributed by atoms with Gasteiger partial charge in [-0.1, -0.05) is 48.4 Å². The molecule has 0 saturated heterocycles. The quantitative estimate of drug-likeness (QED) is 0.682. The summed E-state index contributed by atoms with van der Waals surface area (Å²) in [6.07, 6.45) is 0. The Kier molecular flexibility index (Phi) is 2.01. The Hall–Kier alpha value is -1.64. The first kappa shape index (κ1) is 13.1. The summed E-state index contributed by atoms with van der Waals surface area (Å²) in [6, 6.07) is 10.4. The van der Waals surface area contributed by atoms with Crippen molar-refractivity contribution in [2.75, 3.05) is 5.01 Å². The molecule has 0 amide bonds. The maximum absolute atomic E-state index is 4.77. The van der Waals surface area contributed by atoms with Gasteiger partial charge in [-0.3, -0.25) is 0 Å². The van der Waals surface area contributed by atoms with Crippen LogP contribution in [0.3, 0.4) is 0 Å². The molecule has 4 rings (SSSR count). The minimum atomic E-state index is -0.159. The van der Waals surface area contributed by atoms with E-state index in [4.69, 9.17) is 5.11 Å². The van der Waals surface area contributed by atoms with E-state index in [1.54, 1.807) is 0 Å². The molecule has 110 valence electrons. The van der Waals surface area contributed by atoms with Crippen LogP contribution in [0.2, 0.25) is 0 Å². The first-order valence-electron chi connectivity index (χ1n) is 7.73. The molecule has 1 fully saturated rings. The van der Waals surface area contributed by atoms with Crippen LogP contribution in [0.4, 0.5) is 5.69 Å². The molecule has 4 unspecified atom stereocenters. The lowest BCUT2D eigenvalue weighted by atomic mass is 9.23. The van der Waals surface area contributed by atoms with Gasteiger partial charge in [0.2, 0.25) is 0 Å². The van der Waals surface area contributed by atoms with Crippen LogP contribution >= 0.6 is 0 Å². The van der Waals surface area contributed by atoms with Crippen molar-refractivity contribution in [3.63, 3.8) is 0 Å². The Morgan fingerprint density at radius 3 is 2.05 bits per heavy atom. The molecule has 3 heteroatoms. The number of hydrogen-bond acceptors (Lipinski definition) is 3. The normalized spacial score (nSPS) is 46.9. The number of fused-ring (bicyclic) bond motifs is 4. The second kappa shape index (κ2) is 3.23. The van der Waals surface area contributed by atoms with Crippen LogP contribution in [-0.2, 0) is 0 Å². The number of para-hydroxylation sites is 1. The van der Waals surface area contributed by atoms with Gasteiger partial charge in [0.1, 0.15) is 5.54 Å². The third-order valence-electron chi connectivity index (χ3n) is 7.72. The van der Waals surface area contributed by atoms with Crippen LogP contribution in [0.1, 0.15) is 41.5 Å². The molecule has 1 aliphatic heterocycles. The van der Waals surface area contributed by atoms with Gasteiger partial charge in [-0.2, -0.15) is 5.11 Å². The van der Waals surface area contributed by atoms with Crippen molar-refractivity contribution in [3.05, 3.63) is 41.5 Å². The lowest BCUT2D eigenvalue weighted by molar-refractivity contribution is -0.180. The van der Waals surface area contributed by atoms with E-state index < -0.39 is 0 Å². The van der Waals surface area contributed by atoms with Crippen LogP contribution in [0, 0.1) is 10.8 Å². The van der Waals surface area contributed by atoms with Crippen LogP contribution < -0.4 is 5.01 Å². The van der Waals surface area contributed by atoms with Gasteiger partial charge in [0.15, 0.2) is 0 Å². The zero-order valence-electron chi connectivity index (χ0n) is 13.7. The average molecular weight is 281 g/mol. The third kappa shape index (κ3) is 0.889. The fourth-order valence-electron chi connectivity index (χ4n) is 5.77. The largest absolute Gasteiger partial charge is 0.238 e. The Morgan fingerprint density at radius 1 is 0.857 bits per heavy atom. The Bertz CT molecular complexity index is 706. The zero-order valence-corrected chi connectivity index (χ0v) is 13.7. The third-order valence-corrected chi connectivity index (χ3v) is 7.72. The van der Waals surface area contributed by atoms with E-state index in [1.165, 1.54) is 11.1 Å². The maximum Gasteiger partial charge on any atom is 0.117 e. The van der Waals surface area contributed by atoms with E-state index in [2.05, 4.69) is 76.0 Å². The molecule has 3 aliphatic rings. The summed E-state index contributed by atoms with van der Waals surface area (Å²) in [4.78, 5) is 0. The first-order chi connectivity index (χ1) is 9.77. The zero-order chi connectivity index (χ0) is 15.3.